The molecule has 0 bridgehead atoms. The van der Waals surface area contributed by atoms with Gasteiger partial charge in [0, 0.05) is 19.2 Å². The van der Waals surface area contributed by atoms with Crippen molar-refractivity contribution >= 4 is 27.6 Å². The third kappa shape index (κ3) is 3.50. The molecule has 160 valence electrons. The summed E-state index contributed by atoms with van der Waals surface area (Å²) in [4.78, 5) is 30.6. The molecule has 0 aliphatic rings. The molecule has 0 saturated heterocycles. The van der Waals surface area contributed by atoms with E-state index in [0.29, 0.717) is 27.8 Å². The number of aryl methyl sites for hydroxylation is 1. The minimum atomic E-state index is -0.409. The Kier molecular flexibility index (Phi) is 4.91. The van der Waals surface area contributed by atoms with Crippen molar-refractivity contribution < 1.29 is 0 Å². The Balaban J connectivity index is 1.53. The van der Waals surface area contributed by atoms with Crippen molar-refractivity contribution in [3.63, 3.8) is 0 Å². The molecule has 0 spiro atoms. The van der Waals surface area contributed by atoms with E-state index in [1.165, 1.54) is 20.5 Å². The first-order chi connectivity index (χ1) is 15.5. The number of nitrogens with zero attached hydrogens (tertiary/aromatic N) is 6. The SMILES string of the molecule is Cn1c(=O)n(Cc2ccc(-c3nnc(N)s3)cc2)c(=O)c2c1ncn2Cc1ccccc1. The molecule has 0 amide bonds. The van der Waals surface area contributed by atoms with Crippen molar-refractivity contribution in [2.45, 2.75) is 13.1 Å². The quantitative estimate of drug-likeness (QED) is 0.443. The second kappa shape index (κ2) is 7.89. The lowest BCUT2D eigenvalue weighted by Gasteiger charge is -2.10. The number of fused-ring (bicyclic) bond motifs is 1. The van der Waals surface area contributed by atoms with E-state index < -0.39 is 5.69 Å². The van der Waals surface area contributed by atoms with Crippen LogP contribution < -0.4 is 17.0 Å². The first kappa shape index (κ1) is 19.9. The fraction of sp³-hybridized carbons (Fsp3) is 0.136. The molecule has 0 fully saturated rings. The van der Waals surface area contributed by atoms with Crippen LogP contribution in [0.25, 0.3) is 21.7 Å². The molecule has 10 heteroatoms. The fourth-order valence-electron chi connectivity index (χ4n) is 3.65. The highest BCUT2D eigenvalue weighted by atomic mass is 32.1. The van der Waals surface area contributed by atoms with Crippen LogP contribution >= 0.6 is 11.3 Å². The molecule has 0 aliphatic carbocycles. The smallest absolute Gasteiger partial charge is 0.332 e. The van der Waals surface area contributed by atoms with Gasteiger partial charge in [-0.2, -0.15) is 0 Å². The van der Waals surface area contributed by atoms with Crippen LogP contribution in [0.3, 0.4) is 0 Å². The summed E-state index contributed by atoms with van der Waals surface area (Å²) >= 11 is 1.30. The molecule has 0 unspecified atom stereocenters. The number of aromatic nitrogens is 6. The third-order valence-corrected chi connectivity index (χ3v) is 6.08. The Hall–Kier alpha value is -4.05. The molecule has 0 saturated carbocycles. The molecule has 0 aliphatic heterocycles. The van der Waals surface area contributed by atoms with Gasteiger partial charge in [0.05, 0.1) is 12.9 Å². The molecule has 2 N–H and O–H groups in total. The maximum absolute atomic E-state index is 13.3. The van der Waals surface area contributed by atoms with Crippen molar-refractivity contribution in [3.8, 4) is 10.6 Å². The van der Waals surface area contributed by atoms with Crippen molar-refractivity contribution in [2.75, 3.05) is 5.73 Å². The van der Waals surface area contributed by atoms with Gasteiger partial charge in [0.2, 0.25) is 5.13 Å². The van der Waals surface area contributed by atoms with E-state index in [1.807, 2.05) is 54.6 Å². The van der Waals surface area contributed by atoms with Gasteiger partial charge in [-0.1, -0.05) is 65.9 Å². The van der Waals surface area contributed by atoms with Gasteiger partial charge < -0.3 is 10.3 Å². The van der Waals surface area contributed by atoms with E-state index in [-0.39, 0.29) is 12.1 Å². The van der Waals surface area contributed by atoms with Crippen LogP contribution in [-0.4, -0.2) is 28.9 Å². The lowest BCUT2D eigenvalue weighted by molar-refractivity contribution is 0.653. The zero-order chi connectivity index (χ0) is 22.2. The van der Waals surface area contributed by atoms with E-state index in [2.05, 4.69) is 15.2 Å². The van der Waals surface area contributed by atoms with Gasteiger partial charge in [-0.25, -0.2) is 9.78 Å². The number of nitrogens with two attached hydrogens (primary N) is 1. The molecule has 2 aromatic carbocycles. The minimum Gasteiger partial charge on any atom is -0.374 e. The molecule has 3 heterocycles. The molecule has 0 radical (unpaired) electrons. The van der Waals surface area contributed by atoms with E-state index in [4.69, 9.17) is 5.73 Å². The lowest BCUT2D eigenvalue weighted by atomic mass is 10.1. The second-order valence-corrected chi connectivity index (χ2v) is 8.41. The Labute approximate surface area is 186 Å². The minimum absolute atomic E-state index is 0.149. The maximum Gasteiger partial charge on any atom is 0.332 e. The number of hydrogen-bond acceptors (Lipinski definition) is 7. The molecule has 5 rings (SSSR count). The van der Waals surface area contributed by atoms with Gasteiger partial charge in [-0.05, 0) is 11.1 Å². The Bertz CT molecular complexity index is 1530. The Morgan fingerprint density at radius 3 is 2.34 bits per heavy atom. The number of anilines is 1. The lowest BCUT2D eigenvalue weighted by Crippen LogP contribution is -2.40. The predicted molar refractivity (Wildman–Crippen MR) is 124 cm³/mol. The van der Waals surface area contributed by atoms with Crippen molar-refractivity contribution in [1.82, 2.24) is 28.9 Å². The first-order valence-electron chi connectivity index (χ1n) is 9.88. The molecule has 5 aromatic rings. The summed E-state index contributed by atoms with van der Waals surface area (Å²) in [5, 5.41) is 8.98. The van der Waals surface area contributed by atoms with Crippen LogP contribution in [0.5, 0.6) is 0 Å². The highest BCUT2D eigenvalue weighted by Crippen LogP contribution is 2.24. The van der Waals surface area contributed by atoms with Gasteiger partial charge in [-0.15, -0.1) is 10.2 Å². The van der Waals surface area contributed by atoms with Crippen LogP contribution in [0.15, 0.2) is 70.5 Å². The summed E-state index contributed by atoms with van der Waals surface area (Å²) in [6.07, 6.45) is 1.60. The highest BCUT2D eigenvalue weighted by molar-refractivity contribution is 7.18. The zero-order valence-electron chi connectivity index (χ0n) is 17.2. The van der Waals surface area contributed by atoms with Crippen LogP contribution in [-0.2, 0) is 20.1 Å². The van der Waals surface area contributed by atoms with E-state index in [1.54, 1.807) is 17.9 Å². The molecule has 3 aromatic heterocycles. The van der Waals surface area contributed by atoms with Crippen LogP contribution in [0.2, 0.25) is 0 Å². The van der Waals surface area contributed by atoms with Gasteiger partial charge in [0.25, 0.3) is 5.56 Å². The largest absolute Gasteiger partial charge is 0.374 e. The number of rotatable bonds is 5. The Morgan fingerprint density at radius 2 is 1.66 bits per heavy atom. The average molecular weight is 446 g/mol. The van der Waals surface area contributed by atoms with Crippen molar-refractivity contribution in [2.24, 2.45) is 7.05 Å². The summed E-state index contributed by atoms with van der Waals surface area (Å²) < 4.78 is 4.44. The Morgan fingerprint density at radius 1 is 0.938 bits per heavy atom. The maximum atomic E-state index is 13.3. The zero-order valence-corrected chi connectivity index (χ0v) is 18.0. The molecule has 9 nitrogen and oxygen atoms in total. The summed E-state index contributed by atoms with van der Waals surface area (Å²) in [7, 11) is 1.63. The topological polar surface area (TPSA) is 114 Å². The third-order valence-electron chi connectivity index (χ3n) is 5.28. The normalized spacial score (nSPS) is 11.3. The molecule has 32 heavy (non-hydrogen) atoms. The molecular weight excluding hydrogens is 426 g/mol. The number of hydrogen-bond donors (Lipinski definition) is 1. The number of imidazole rings is 1. The molecular formula is C22H19N7O2S. The van der Waals surface area contributed by atoms with E-state index >= 15 is 0 Å². The standard InChI is InChI=1S/C22H19N7O2S/c1-27-18-17(28(13-24-18)11-14-5-3-2-4-6-14)20(30)29(22(27)31)12-15-7-9-16(10-8-15)19-25-26-21(23)32-19/h2-10,13H,11-12H2,1H3,(H2,23,26). The van der Waals surface area contributed by atoms with E-state index in [9.17, 15) is 9.59 Å². The monoisotopic (exact) mass is 445 g/mol. The van der Waals surface area contributed by atoms with Gasteiger partial charge in [-0.3, -0.25) is 13.9 Å². The molecule has 0 atom stereocenters. The summed E-state index contributed by atoms with van der Waals surface area (Å²) in [5.41, 5.74) is 8.39. The van der Waals surface area contributed by atoms with Gasteiger partial charge in [0.15, 0.2) is 11.2 Å². The van der Waals surface area contributed by atoms with Crippen LogP contribution in [0, 0.1) is 0 Å². The number of benzene rings is 2. The van der Waals surface area contributed by atoms with Crippen molar-refractivity contribution in [3.05, 3.63) is 92.9 Å². The van der Waals surface area contributed by atoms with Crippen LogP contribution in [0.4, 0.5) is 5.13 Å². The fourth-order valence-corrected chi connectivity index (χ4v) is 4.26. The first-order valence-corrected chi connectivity index (χ1v) is 10.7. The summed E-state index contributed by atoms with van der Waals surface area (Å²) in [5.74, 6) is 0. The van der Waals surface area contributed by atoms with E-state index in [0.717, 1.165) is 16.7 Å². The highest BCUT2D eigenvalue weighted by Gasteiger charge is 2.17. The predicted octanol–water partition coefficient (Wildman–Crippen LogP) is 2.09. The van der Waals surface area contributed by atoms with Gasteiger partial charge in [0.1, 0.15) is 5.01 Å². The number of nitrogen functional groups attached to an aromatic ring is 1. The summed E-state index contributed by atoms with van der Waals surface area (Å²) in [6.45, 7) is 0.640. The second-order valence-electron chi connectivity index (χ2n) is 7.41. The van der Waals surface area contributed by atoms with Crippen molar-refractivity contribution in [1.29, 1.82) is 0 Å². The van der Waals surface area contributed by atoms with Gasteiger partial charge >= 0.3 is 5.69 Å². The average Bonchev–Trinajstić information content (AvgIpc) is 3.43. The summed E-state index contributed by atoms with van der Waals surface area (Å²) in [6, 6.07) is 17.3. The van der Waals surface area contributed by atoms with Crippen LogP contribution in [0.1, 0.15) is 11.1 Å².